The van der Waals surface area contributed by atoms with Crippen LogP contribution in [-0.4, -0.2) is 40.8 Å². The Labute approximate surface area is 194 Å². The molecule has 4 rings (SSSR count). The van der Waals surface area contributed by atoms with Gasteiger partial charge in [0.15, 0.2) is 0 Å². The molecular formula is C26H30N4O3. The van der Waals surface area contributed by atoms with Crippen LogP contribution in [0.2, 0.25) is 0 Å². The molecule has 2 aromatic carbocycles. The SMILES string of the molecule is CCOCCCN1C(=O)NC(c2ccc(CC)cc2)C(c2nc(-c3ccccc3)no2)=C1C. The van der Waals surface area contributed by atoms with Gasteiger partial charge in [0.25, 0.3) is 5.89 Å². The normalized spacial score (nSPS) is 16.3. The molecule has 1 atom stereocenters. The number of carbonyl (C=O) groups excluding carboxylic acids is 1. The second kappa shape index (κ2) is 10.4. The minimum Gasteiger partial charge on any atom is -0.382 e. The van der Waals surface area contributed by atoms with Crippen LogP contribution in [0.3, 0.4) is 0 Å². The first-order valence-corrected chi connectivity index (χ1v) is 11.5. The van der Waals surface area contributed by atoms with Crippen molar-refractivity contribution < 1.29 is 14.1 Å². The number of ether oxygens (including phenoxy) is 1. The largest absolute Gasteiger partial charge is 0.382 e. The van der Waals surface area contributed by atoms with Crippen molar-refractivity contribution in [1.29, 1.82) is 0 Å². The van der Waals surface area contributed by atoms with Crippen molar-refractivity contribution in [2.45, 2.75) is 39.7 Å². The van der Waals surface area contributed by atoms with Crippen LogP contribution < -0.4 is 5.32 Å². The predicted octanol–water partition coefficient (Wildman–Crippen LogP) is 5.22. The van der Waals surface area contributed by atoms with Gasteiger partial charge >= 0.3 is 6.03 Å². The number of aromatic nitrogens is 2. The van der Waals surface area contributed by atoms with Gasteiger partial charge < -0.3 is 14.6 Å². The van der Waals surface area contributed by atoms with Crippen molar-refractivity contribution in [3.8, 4) is 11.4 Å². The molecule has 1 aliphatic heterocycles. The zero-order chi connectivity index (χ0) is 23.2. The van der Waals surface area contributed by atoms with E-state index in [1.54, 1.807) is 4.90 Å². The number of benzene rings is 2. The van der Waals surface area contributed by atoms with Crippen LogP contribution in [0.4, 0.5) is 4.79 Å². The van der Waals surface area contributed by atoms with Crippen LogP contribution in [0.25, 0.3) is 17.0 Å². The first kappa shape index (κ1) is 22.7. The highest BCUT2D eigenvalue weighted by atomic mass is 16.5. The molecule has 7 heteroatoms. The minimum absolute atomic E-state index is 0.139. The maximum absolute atomic E-state index is 13.1. The molecule has 0 saturated heterocycles. The van der Waals surface area contributed by atoms with Crippen LogP contribution in [0.5, 0.6) is 0 Å². The third kappa shape index (κ3) is 4.98. The maximum atomic E-state index is 13.1. The first-order valence-electron chi connectivity index (χ1n) is 11.5. The van der Waals surface area contributed by atoms with Gasteiger partial charge in [-0.25, -0.2) is 4.79 Å². The van der Waals surface area contributed by atoms with Crippen molar-refractivity contribution >= 4 is 11.6 Å². The van der Waals surface area contributed by atoms with Crippen LogP contribution in [-0.2, 0) is 11.2 Å². The van der Waals surface area contributed by atoms with Gasteiger partial charge in [-0.15, -0.1) is 0 Å². The second-order valence-corrected chi connectivity index (χ2v) is 7.97. The Balaban J connectivity index is 1.72. The Morgan fingerprint density at radius 1 is 1.09 bits per heavy atom. The van der Waals surface area contributed by atoms with Crippen molar-refractivity contribution in [1.82, 2.24) is 20.4 Å². The number of nitrogens with one attached hydrogen (secondary N) is 1. The highest BCUT2D eigenvalue weighted by Crippen LogP contribution is 2.37. The van der Waals surface area contributed by atoms with E-state index < -0.39 is 0 Å². The van der Waals surface area contributed by atoms with E-state index in [9.17, 15) is 4.79 Å². The Morgan fingerprint density at radius 3 is 2.55 bits per heavy atom. The monoisotopic (exact) mass is 446 g/mol. The van der Waals surface area contributed by atoms with Gasteiger partial charge in [-0.3, -0.25) is 4.90 Å². The van der Waals surface area contributed by atoms with E-state index in [0.29, 0.717) is 31.5 Å². The fraction of sp³-hybridized carbons (Fsp3) is 0.346. The van der Waals surface area contributed by atoms with E-state index in [4.69, 9.17) is 14.2 Å². The lowest BCUT2D eigenvalue weighted by Gasteiger charge is -2.35. The van der Waals surface area contributed by atoms with E-state index in [1.165, 1.54) is 5.56 Å². The zero-order valence-corrected chi connectivity index (χ0v) is 19.4. The molecule has 0 spiro atoms. The predicted molar refractivity (Wildman–Crippen MR) is 127 cm³/mol. The van der Waals surface area contributed by atoms with Crippen LogP contribution in [0.1, 0.15) is 50.3 Å². The zero-order valence-electron chi connectivity index (χ0n) is 19.4. The van der Waals surface area contributed by atoms with E-state index in [0.717, 1.165) is 35.2 Å². The lowest BCUT2D eigenvalue weighted by Crippen LogP contribution is -2.46. The number of hydrogen-bond acceptors (Lipinski definition) is 5. The van der Waals surface area contributed by atoms with E-state index in [1.807, 2.05) is 44.2 Å². The third-order valence-electron chi connectivity index (χ3n) is 5.88. The van der Waals surface area contributed by atoms with Crippen molar-refractivity contribution in [2.75, 3.05) is 19.8 Å². The molecule has 1 aromatic heterocycles. The van der Waals surface area contributed by atoms with Crippen LogP contribution in [0.15, 0.2) is 64.8 Å². The lowest BCUT2D eigenvalue weighted by molar-refractivity contribution is 0.136. The summed E-state index contributed by atoms with van der Waals surface area (Å²) >= 11 is 0. The topological polar surface area (TPSA) is 80.5 Å². The molecule has 1 aliphatic rings. The highest BCUT2D eigenvalue weighted by molar-refractivity contribution is 5.86. The van der Waals surface area contributed by atoms with Gasteiger partial charge in [-0.1, -0.05) is 66.7 Å². The Bertz CT molecular complexity index is 1110. The molecular weight excluding hydrogens is 416 g/mol. The number of carbonyl (C=O) groups is 1. The molecule has 3 aromatic rings. The number of urea groups is 1. The summed E-state index contributed by atoms with van der Waals surface area (Å²) in [4.78, 5) is 19.5. The minimum atomic E-state index is -0.379. The summed E-state index contributed by atoms with van der Waals surface area (Å²) in [7, 11) is 0. The summed E-state index contributed by atoms with van der Waals surface area (Å²) in [6.45, 7) is 7.83. The first-order chi connectivity index (χ1) is 16.1. The van der Waals surface area contributed by atoms with Crippen LogP contribution >= 0.6 is 0 Å². The number of hydrogen-bond donors (Lipinski definition) is 1. The van der Waals surface area contributed by atoms with Crippen molar-refractivity contribution in [2.24, 2.45) is 0 Å². The van der Waals surface area contributed by atoms with Crippen molar-refractivity contribution in [3.05, 3.63) is 77.3 Å². The summed E-state index contributed by atoms with van der Waals surface area (Å²) in [6.07, 6.45) is 1.69. The molecule has 0 fully saturated rings. The summed E-state index contributed by atoms with van der Waals surface area (Å²) < 4.78 is 11.2. The van der Waals surface area contributed by atoms with Gasteiger partial charge in [-0.05, 0) is 37.8 Å². The average molecular weight is 447 g/mol. The third-order valence-corrected chi connectivity index (χ3v) is 5.88. The Kier molecular flexibility index (Phi) is 7.19. The van der Waals surface area contributed by atoms with Gasteiger partial charge in [0.05, 0.1) is 11.6 Å². The number of rotatable bonds is 9. The molecule has 0 bridgehead atoms. The number of allylic oxidation sites excluding steroid dienone is 1. The number of amides is 2. The van der Waals surface area contributed by atoms with Gasteiger partial charge in [0.2, 0.25) is 5.82 Å². The van der Waals surface area contributed by atoms with E-state index >= 15 is 0 Å². The molecule has 2 heterocycles. The molecule has 1 unspecified atom stereocenters. The van der Waals surface area contributed by atoms with E-state index in [2.05, 4.69) is 41.7 Å². The highest BCUT2D eigenvalue weighted by Gasteiger charge is 2.35. The molecule has 2 amide bonds. The number of aryl methyl sites for hydroxylation is 1. The summed E-state index contributed by atoms with van der Waals surface area (Å²) in [6, 6.07) is 17.5. The fourth-order valence-corrected chi connectivity index (χ4v) is 4.03. The maximum Gasteiger partial charge on any atom is 0.322 e. The molecule has 0 aliphatic carbocycles. The molecule has 0 saturated carbocycles. The summed E-state index contributed by atoms with van der Waals surface area (Å²) in [5.41, 5.74) is 4.71. The van der Waals surface area contributed by atoms with Gasteiger partial charge in [0.1, 0.15) is 0 Å². The van der Waals surface area contributed by atoms with Gasteiger partial charge in [0, 0.05) is 31.0 Å². The van der Waals surface area contributed by atoms with Crippen LogP contribution in [0, 0.1) is 0 Å². The Hall–Kier alpha value is -3.45. The molecule has 172 valence electrons. The smallest absolute Gasteiger partial charge is 0.322 e. The molecule has 33 heavy (non-hydrogen) atoms. The van der Waals surface area contributed by atoms with Crippen molar-refractivity contribution in [3.63, 3.8) is 0 Å². The Morgan fingerprint density at radius 2 is 1.85 bits per heavy atom. The summed E-state index contributed by atoms with van der Waals surface area (Å²) in [5.74, 6) is 0.927. The standard InChI is InChI=1S/C26H30N4O3/c1-4-19-12-14-20(15-13-19)23-22(18(3)30(26(31)27-23)16-9-17-32-5-2)25-28-24(29-33-25)21-10-7-6-8-11-21/h6-8,10-15,23H,4-5,9,16-17H2,1-3H3,(H,27,31). The molecule has 7 nitrogen and oxygen atoms in total. The molecule has 0 radical (unpaired) electrons. The average Bonchev–Trinajstić information content (AvgIpc) is 3.33. The van der Waals surface area contributed by atoms with E-state index in [-0.39, 0.29) is 12.1 Å². The van der Waals surface area contributed by atoms with Gasteiger partial charge in [-0.2, -0.15) is 4.98 Å². The fourth-order valence-electron chi connectivity index (χ4n) is 4.03. The number of nitrogens with zero attached hydrogens (tertiary/aromatic N) is 3. The second-order valence-electron chi connectivity index (χ2n) is 7.97. The lowest BCUT2D eigenvalue weighted by atomic mass is 9.93. The quantitative estimate of drug-likeness (QED) is 0.456. The molecule has 1 N–H and O–H groups in total. The summed E-state index contributed by atoms with van der Waals surface area (Å²) in [5, 5.41) is 7.36.